The van der Waals surface area contributed by atoms with Gasteiger partial charge in [0.25, 0.3) is 0 Å². The van der Waals surface area contributed by atoms with Crippen molar-refractivity contribution in [2.45, 2.75) is 19.3 Å². The largest absolute Gasteiger partial charge is 0.301 e. The molecule has 0 bridgehead atoms. The first-order chi connectivity index (χ1) is 5.86. The van der Waals surface area contributed by atoms with Crippen LogP contribution in [0.25, 0.3) is 0 Å². The molecule has 0 unspecified atom stereocenters. The summed E-state index contributed by atoms with van der Waals surface area (Å²) in [5, 5.41) is 8.58. The highest BCUT2D eigenvalue weighted by atomic mass is 16.5. The Morgan fingerprint density at radius 3 is 2.92 bits per heavy atom. The van der Waals surface area contributed by atoms with E-state index in [1.54, 1.807) is 7.05 Å². The maximum absolute atomic E-state index is 8.58. The van der Waals surface area contributed by atoms with E-state index in [4.69, 9.17) is 5.21 Å². The molecule has 0 radical (unpaired) electrons. The molecule has 0 spiro atoms. The minimum Gasteiger partial charge on any atom is -0.301 e. The molecule has 3 heteroatoms. The average molecular weight is 166 g/mol. The predicted molar refractivity (Wildman–Crippen MR) is 49.4 cm³/mol. The summed E-state index contributed by atoms with van der Waals surface area (Å²) in [5.41, 5.74) is 4.41. The molecule has 66 valence electrons. The van der Waals surface area contributed by atoms with Crippen LogP contribution in [0.4, 0.5) is 0 Å². The number of hydrogen-bond donors (Lipinski definition) is 2. The Morgan fingerprint density at radius 2 is 2.42 bits per heavy atom. The molecule has 1 aliphatic rings. The minimum absolute atomic E-state index is 0.882. The minimum atomic E-state index is 0.882. The summed E-state index contributed by atoms with van der Waals surface area (Å²) < 4.78 is 0. The van der Waals surface area contributed by atoms with Gasteiger partial charge in [-0.2, -0.15) is 0 Å². The summed E-state index contributed by atoms with van der Waals surface area (Å²) in [4.78, 5) is 3.92. The summed E-state index contributed by atoms with van der Waals surface area (Å²) >= 11 is 0. The van der Waals surface area contributed by atoms with Crippen molar-refractivity contribution in [3.05, 3.63) is 23.4 Å². The Hall–Kier alpha value is -1.09. The Labute approximate surface area is 72.5 Å². The third-order valence-corrected chi connectivity index (χ3v) is 1.92. The van der Waals surface area contributed by atoms with Crippen LogP contribution in [0.2, 0.25) is 0 Å². The SMILES string of the molecule is CN=CCC1=CC=C(NO)CC1. The van der Waals surface area contributed by atoms with Gasteiger partial charge in [-0.25, -0.2) is 0 Å². The molecule has 0 aromatic heterocycles. The Bertz CT molecular complexity index is 229. The van der Waals surface area contributed by atoms with E-state index in [-0.39, 0.29) is 0 Å². The smallest absolute Gasteiger partial charge is 0.0379 e. The van der Waals surface area contributed by atoms with E-state index in [0.29, 0.717) is 0 Å². The van der Waals surface area contributed by atoms with E-state index in [0.717, 1.165) is 25.0 Å². The van der Waals surface area contributed by atoms with Gasteiger partial charge in [-0.05, 0) is 18.9 Å². The van der Waals surface area contributed by atoms with Crippen LogP contribution in [-0.2, 0) is 0 Å². The van der Waals surface area contributed by atoms with Crippen molar-refractivity contribution < 1.29 is 5.21 Å². The molecule has 12 heavy (non-hydrogen) atoms. The lowest BCUT2D eigenvalue weighted by atomic mass is 10.0. The number of nitrogens with one attached hydrogen (secondary N) is 1. The van der Waals surface area contributed by atoms with Gasteiger partial charge in [0.2, 0.25) is 0 Å². The second kappa shape index (κ2) is 4.72. The molecule has 0 fully saturated rings. The molecule has 0 amide bonds. The lowest BCUT2D eigenvalue weighted by Gasteiger charge is -2.11. The first kappa shape index (κ1) is 9.00. The standard InChI is InChI=1S/C9H14N2O/c1-10-7-6-8-2-4-9(11-12)5-3-8/h2,4,7,11-12H,3,5-6H2,1H3. The summed E-state index contributed by atoms with van der Waals surface area (Å²) in [6.07, 6.45) is 8.65. The van der Waals surface area contributed by atoms with Crippen molar-refractivity contribution in [3.8, 4) is 0 Å². The molecule has 1 rings (SSSR count). The monoisotopic (exact) mass is 166 g/mol. The van der Waals surface area contributed by atoms with Crippen molar-refractivity contribution in [3.63, 3.8) is 0 Å². The summed E-state index contributed by atoms with van der Waals surface area (Å²) in [5.74, 6) is 0. The van der Waals surface area contributed by atoms with Crippen molar-refractivity contribution in [2.75, 3.05) is 7.05 Å². The molecular weight excluding hydrogens is 152 g/mol. The molecule has 2 N–H and O–H groups in total. The summed E-state index contributed by atoms with van der Waals surface area (Å²) in [7, 11) is 1.78. The van der Waals surface area contributed by atoms with Gasteiger partial charge >= 0.3 is 0 Å². The van der Waals surface area contributed by atoms with E-state index in [9.17, 15) is 0 Å². The predicted octanol–water partition coefficient (Wildman–Crippen LogP) is 1.66. The van der Waals surface area contributed by atoms with E-state index < -0.39 is 0 Å². The van der Waals surface area contributed by atoms with E-state index in [1.807, 2.05) is 18.4 Å². The van der Waals surface area contributed by atoms with Gasteiger partial charge in [-0.3, -0.25) is 10.7 Å². The molecule has 0 aromatic rings. The van der Waals surface area contributed by atoms with Crippen LogP contribution in [0.3, 0.4) is 0 Å². The Kier molecular flexibility index (Phi) is 3.54. The molecule has 0 heterocycles. The molecule has 3 nitrogen and oxygen atoms in total. The first-order valence-electron chi connectivity index (χ1n) is 4.06. The van der Waals surface area contributed by atoms with Crippen LogP contribution in [0.5, 0.6) is 0 Å². The lowest BCUT2D eigenvalue weighted by Crippen LogP contribution is -2.09. The fraction of sp³-hybridized carbons (Fsp3) is 0.444. The van der Waals surface area contributed by atoms with Crippen molar-refractivity contribution >= 4 is 6.21 Å². The zero-order valence-electron chi connectivity index (χ0n) is 7.25. The molecule has 0 saturated heterocycles. The summed E-state index contributed by atoms with van der Waals surface area (Å²) in [6.45, 7) is 0. The molecule has 0 atom stereocenters. The summed E-state index contributed by atoms with van der Waals surface area (Å²) in [6, 6.07) is 0. The zero-order valence-corrected chi connectivity index (χ0v) is 7.25. The van der Waals surface area contributed by atoms with Crippen molar-refractivity contribution in [2.24, 2.45) is 4.99 Å². The number of nitrogens with zero attached hydrogens (tertiary/aromatic N) is 1. The number of allylic oxidation sites excluding steroid dienone is 4. The maximum Gasteiger partial charge on any atom is 0.0379 e. The van der Waals surface area contributed by atoms with Crippen LogP contribution in [0.15, 0.2) is 28.4 Å². The fourth-order valence-corrected chi connectivity index (χ4v) is 1.15. The molecular formula is C9H14N2O. The van der Waals surface area contributed by atoms with Gasteiger partial charge in [-0.15, -0.1) is 0 Å². The van der Waals surface area contributed by atoms with Gasteiger partial charge in [0.1, 0.15) is 0 Å². The highest BCUT2D eigenvalue weighted by Gasteiger charge is 2.03. The molecule has 1 aliphatic carbocycles. The molecule has 0 aromatic carbocycles. The van der Waals surface area contributed by atoms with Gasteiger partial charge in [0.05, 0.1) is 0 Å². The van der Waals surface area contributed by atoms with E-state index in [1.165, 1.54) is 5.57 Å². The number of aliphatic imine (C=N–C) groups is 1. The van der Waals surface area contributed by atoms with E-state index >= 15 is 0 Å². The molecule has 0 aliphatic heterocycles. The topological polar surface area (TPSA) is 44.6 Å². The van der Waals surface area contributed by atoms with Gasteiger partial charge in [-0.1, -0.05) is 11.6 Å². The van der Waals surface area contributed by atoms with Gasteiger partial charge in [0.15, 0.2) is 0 Å². The van der Waals surface area contributed by atoms with Crippen molar-refractivity contribution in [1.29, 1.82) is 0 Å². The maximum atomic E-state index is 8.58. The van der Waals surface area contributed by atoms with Crippen LogP contribution < -0.4 is 5.48 Å². The Morgan fingerprint density at radius 1 is 1.58 bits per heavy atom. The second-order valence-electron chi connectivity index (χ2n) is 2.77. The first-order valence-corrected chi connectivity index (χ1v) is 4.06. The van der Waals surface area contributed by atoms with Crippen LogP contribution in [-0.4, -0.2) is 18.5 Å². The number of hydroxylamine groups is 1. The number of rotatable bonds is 3. The highest BCUT2D eigenvalue weighted by Crippen LogP contribution is 2.17. The van der Waals surface area contributed by atoms with Crippen LogP contribution in [0, 0.1) is 0 Å². The van der Waals surface area contributed by atoms with Gasteiger partial charge in [0, 0.05) is 25.4 Å². The molecule has 0 saturated carbocycles. The third-order valence-electron chi connectivity index (χ3n) is 1.92. The Balaban J connectivity index is 2.48. The number of hydrogen-bond acceptors (Lipinski definition) is 3. The van der Waals surface area contributed by atoms with E-state index in [2.05, 4.69) is 10.5 Å². The van der Waals surface area contributed by atoms with Gasteiger partial charge < -0.3 is 4.99 Å². The van der Waals surface area contributed by atoms with Crippen LogP contribution >= 0.6 is 0 Å². The fourth-order valence-electron chi connectivity index (χ4n) is 1.15. The highest BCUT2D eigenvalue weighted by molar-refractivity contribution is 5.61. The second-order valence-corrected chi connectivity index (χ2v) is 2.77. The van der Waals surface area contributed by atoms with Crippen molar-refractivity contribution in [1.82, 2.24) is 5.48 Å². The quantitative estimate of drug-likeness (QED) is 0.494. The zero-order chi connectivity index (χ0) is 8.81. The third kappa shape index (κ3) is 2.51. The lowest BCUT2D eigenvalue weighted by molar-refractivity contribution is 0.195. The normalized spacial score (nSPS) is 17.5. The van der Waals surface area contributed by atoms with Crippen LogP contribution in [0.1, 0.15) is 19.3 Å². The average Bonchev–Trinajstić information content (AvgIpc) is 2.15.